The van der Waals surface area contributed by atoms with Gasteiger partial charge in [-0.2, -0.15) is 0 Å². The number of carbonyl (C=O) groups is 1. The number of amides is 1. The first-order chi connectivity index (χ1) is 13.2. The van der Waals surface area contributed by atoms with Gasteiger partial charge in [0.25, 0.3) is 5.91 Å². The molecule has 3 heterocycles. The van der Waals surface area contributed by atoms with Gasteiger partial charge in [-0.25, -0.2) is 4.98 Å². The molecule has 4 rings (SSSR count). The first-order valence-electron chi connectivity index (χ1n) is 8.58. The van der Waals surface area contributed by atoms with Crippen molar-refractivity contribution < 1.29 is 13.5 Å². The fourth-order valence-electron chi connectivity index (χ4n) is 2.90. The van der Waals surface area contributed by atoms with Gasteiger partial charge in [-0.15, -0.1) is 0 Å². The lowest BCUT2D eigenvalue weighted by Gasteiger charge is -2.28. The molecule has 1 aliphatic heterocycles. The summed E-state index contributed by atoms with van der Waals surface area (Å²) in [7, 11) is -0.697. The fraction of sp³-hybridized carbons (Fsp3) is 0.211. The highest BCUT2D eigenvalue weighted by atomic mass is 32.2. The van der Waals surface area contributed by atoms with Crippen LogP contribution < -0.4 is 10.2 Å². The summed E-state index contributed by atoms with van der Waals surface area (Å²) in [5, 5.41) is 6.69. The van der Waals surface area contributed by atoms with E-state index in [4.69, 9.17) is 4.52 Å². The zero-order valence-corrected chi connectivity index (χ0v) is 15.3. The Bertz CT molecular complexity index is 947. The molecule has 1 aromatic carbocycles. The molecule has 0 radical (unpaired) electrons. The van der Waals surface area contributed by atoms with Crippen LogP contribution in [0.25, 0.3) is 11.4 Å². The van der Waals surface area contributed by atoms with Crippen molar-refractivity contribution in [1.82, 2.24) is 10.1 Å². The van der Waals surface area contributed by atoms with Crippen molar-refractivity contribution in [3.05, 3.63) is 60.5 Å². The first kappa shape index (κ1) is 17.4. The van der Waals surface area contributed by atoms with Crippen LogP contribution in [-0.4, -0.2) is 44.9 Å². The van der Waals surface area contributed by atoms with Crippen molar-refractivity contribution in [3.63, 3.8) is 0 Å². The number of hydrogen-bond acceptors (Lipinski definition) is 6. The van der Waals surface area contributed by atoms with Crippen LogP contribution in [-0.2, 0) is 10.8 Å². The number of carbonyl (C=O) groups excluding carboxylic acids is 1. The lowest BCUT2D eigenvalue weighted by atomic mass is 10.2. The Morgan fingerprint density at radius 1 is 1.04 bits per heavy atom. The number of nitrogens with one attached hydrogen (secondary N) is 1. The Kier molecular flexibility index (Phi) is 4.97. The summed E-state index contributed by atoms with van der Waals surface area (Å²) in [6.45, 7) is 1.58. The molecular formula is C19H18N4O3S. The third kappa shape index (κ3) is 4.06. The van der Waals surface area contributed by atoms with Crippen LogP contribution in [0.15, 0.2) is 59.3 Å². The molecule has 0 aliphatic carbocycles. The molecule has 1 saturated heterocycles. The molecule has 1 amide bonds. The molecule has 0 unspecified atom stereocenters. The monoisotopic (exact) mass is 382 g/mol. The highest BCUT2D eigenvalue weighted by molar-refractivity contribution is 7.85. The van der Waals surface area contributed by atoms with Crippen molar-refractivity contribution in [2.45, 2.75) is 0 Å². The summed E-state index contributed by atoms with van der Waals surface area (Å²) in [6.07, 6.45) is 1.46. The minimum absolute atomic E-state index is 0.290. The van der Waals surface area contributed by atoms with Crippen LogP contribution in [0.2, 0.25) is 0 Å². The molecule has 3 aromatic rings. The molecule has 138 valence electrons. The average Bonchev–Trinajstić information content (AvgIpc) is 3.24. The number of pyridine rings is 1. The van der Waals surface area contributed by atoms with E-state index >= 15 is 0 Å². The lowest BCUT2D eigenvalue weighted by Crippen LogP contribution is -2.37. The molecule has 7 nitrogen and oxygen atoms in total. The van der Waals surface area contributed by atoms with Gasteiger partial charge in [0.1, 0.15) is 17.7 Å². The van der Waals surface area contributed by atoms with Crippen LogP contribution in [0.4, 0.5) is 11.4 Å². The van der Waals surface area contributed by atoms with Crippen LogP contribution in [0.3, 0.4) is 0 Å². The van der Waals surface area contributed by atoms with E-state index in [0.29, 0.717) is 34.3 Å². The topological polar surface area (TPSA) is 88.3 Å². The number of hydrogen-bond donors (Lipinski definition) is 1. The first-order valence-corrected chi connectivity index (χ1v) is 10.1. The maximum Gasteiger partial charge on any atom is 0.274 e. The normalized spacial score (nSPS) is 14.9. The van der Waals surface area contributed by atoms with Crippen molar-refractivity contribution in [3.8, 4) is 11.4 Å². The van der Waals surface area contributed by atoms with Gasteiger partial charge in [-0.3, -0.25) is 9.00 Å². The molecule has 1 aliphatic rings. The van der Waals surface area contributed by atoms with Gasteiger partial charge in [0.2, 0.25) is 0 Å². The summed E-state index contributed by atoms with van der Waals surface area (Å²) in [4.78, 5) is 19.0. The molecule has 0 bridgehead atoms. The highest BCUT2D eigenvalue weighted by Gasteiger charge is 2.16. The zero-order chi connectivity index (χ0) is 18.6. The molecule has 0 atom stereocenters. The Balaban J connectivity index is 1.44. The van der Waals surface area contributed by atoms with Gasteiger partial charge in [-0.05, 0) is 36.4 Å². The smallest absolute Gasteiger partial charge is 0.274 e. The lowest BCUT2D eigenvalue weighted by molar-refractivity contribution is 0.102. The highest BCUT2D eigenvalue weighted by Crippen LogP contribution is 2.20. The van der Waals surface area contributed by atoms with E-state index in [2.05, 4.69) is 20.4 Å². The second-order valence-electron chi connectivity index (χ2n) is 6.13. The molecule has 1 N–H and O–H groups in total. The number of rotatable bonds is 4. The van der Waals surface area contributed by atoms with Gasteiger partial charge in [0, 0.05) is 52.8 Å². The Morgan fingerprint density at radius 3 is 2.52 bits per heavy atom. The predicted molar refractivity (Wildman–Crippen MR) is 104 cm³/mol. The van der Waals surface area contributed by atoms with Crippen molar-refractivity contribution in [2.24, 2.45) is 0 Å². The number of nitrogens with zero attached hydrogens (tertiary/aromatic N) is 3. The summed E-state index contributed by atoms with van der Waals surface area (Å²) in [5.41, 5.74) is 3.22. The summed E-state index contributed by atoms with van der Waals surface area (Å²) in [6, 6.07) is 14.5. The summed E-state index contributed by atoms with van der Waals surface area (Å²) in [5.74, 6) is 1.11. The van der Waals surface area contributed by atoms with Crippen molar-refractivity contribution in [2.75, 3.05) is 34.8 Å². The van der Waals surface area contributed by atoms with Gasteiger partial charge in [0.05, 0.1) is 5.69 Å². The summed E-state index contributed by atoms with van der Waals surface area (Å²) >= 11 is 0. The third-order valence-electron chi connectivity index (χ3n) is 4.35. The minimum atomic E-state index is -0.697. The molecule has 0 spiro atoms. The van der Waals surface area contributed by atoms with Crippen LogP contribution in [0.1, 0.15) is 10.5 Å². The van der Waals surface area contributed by atoms with E-state index < -0.39 is 10.8 Å². The minimum Gasteiger partial charge on any atom is -0.370 e. The largest absolute Gasteiger partial charge is 0.370 e. The quantitative estimate of drug-likeness (QED) is 0.746. The Hall–Kier alpha value is -3.00. The molecule has 27 heavy (non-hydrogen) atoms. The van der Waals surface area contributed by atoms with E-state index in [-0.39, 0.29) is 5.91 Å². The number of aromatic nitrogens is 2. The van der Waals surface area contributed by atoms with E-state index in [0.717, 1.165) is 18.8 Å². The zero-order valence-electron chi connectivity index (χ0n) is 14.5. The number of benzene rings is 1. The standard InChI is InChI=1S/C19H18N4O3S/c24-19(18-3-1-2-16(21-18)17-8-11-26-22-17)20-14-4-6-15(7-5-14)23-9-12-27(25)13-10-23/h1-8,11H,9-10,12-13H2,(H,20,24). The van der Waals surface area contributed by atoms with Gasteiger partial charge in [-0.1, -0.05) is 11.2 Å². The second-order valence-corrected chi connectivity index (χ2v) is 7.83. The van der Waals surface area contributed by atoms with Crippen molar-refractivity contribution >= 4 is 28.1 Å². The fourth-order valence-corrected chi connectivity index (χ4v) is 3.95. The predicted octanol–water partition coefficient (Wildman–Crippen LogP) is 2.56. The molecule has 8 heteroatoms. The molecule has 2 aromatic heterocycles. The third-order valence-corrected chi connectivity index (χ3v) is 5.63. The van der Waals surface area contributed by atoms with E-state index in [1.54, 1.807) is 24.3 Å². The SMILES string of the molecule is O=C(Nc1ccc(N2CCS(=O)CC2)cc1)c1cccc(-c2ccon2)n1. The van der Waals surface area contributed by atoms with Crippen LogP contribution in [0.5, 0.6) is 0 Å². The van der Waals surface area contributed by atoms with E-state index in [1.165, 1.54) is 6.26 Å². The average molecular weight is 382 g/mol. The number of anilines is 2. The van der Waals surface area contributed by atoms with Gasteiger partial charge >= 0.3 is 0 Å². The Labute approximate surface area is 158 Å². The maximum atomic E-state index is 12.5. The molecule has 0 saturated carbocycles. The second kappa shape index (κ2) is 7.71. The summed E-state index contributed by atoms with van der Waals surface area (Å²) < 4.78 is 16.3. The molecular weight excluding hydrogens is 364 g/mol. The maximum absolute atomic E-state index is 12.5. The van der Waals surface area contributed by atoms with Gasteiger partial charge < -0.3 is 14.7 Å². The van der Waals surface area contributed by atoms with Crippen LogP contribution >= 0.6 is 0 Å². The van der Waals surface area contributed by atoms with Crippen molar-refractivity contribution in [1.29, 1.82) is 0 Å². The van der Waals surface area contributed by atoms with E-state index in [1.807, 2.05) is 24.3 Å². The van der Waals surface area contributed by atoms with Gasteiger partial charge in [0.15, 0.2) is 0 Å². The van der Waals surface area contributed by atoms with Crippen LogP contribution in [0, 0.1) is 0 Å². The van der Waals surface area contributed by atoms with E-state index in [9.17, 15) is 9.00 Å². The Morgan fingerprint density at radius 2 is 1.81 bits per heavy atom. The molecule has 1 fully saturated rings.